The Labute approximate surface area is 139 Å². The van der Waals surface area contributed by atoms with Crippen molar-refractivity contribution in [3.63, 3.8) is 0 Å². The molecule has 112 valence electrons. The van der Waals surface area contributed by atoms with Gasteiger partial charge in [-0.3, -0.25) is 0 Å². The third-order valence-corrected chi connectivity index (χ3v) is 4.07. The van der Waals surface area contributed by atoms with Gasteiger partial charge in [0.25, 0.3) is 0 Å². The number of hydrogen-bond donors (Lipinski definition) is 1. The van der Waals surface area contributed by atoms with Crippen LogP contribution in [0.2, 0.25) is 10.0 Å². The first-order chi connectivity index (χ1) is 10.7. The van der Waals surface area contributed by atoms with Gasteiger partial charge in [-0.25, -0.2) is 4.98 Å². The molecule has 0 saturated carbocycles. The molecule has 0 aliphatic heterocycles. The van der Waals surface area contributed by atoms with Crippen LogP contribution in [0.15, 0.2) is 54.9 Å². The number of hydrogen-bond acceptors (Lipinski definition) is 2. The van der Waals surface area contributed by atoms with Crippen molar-refractivity contribution in [3.05, 3.63) is 76.2 Å². The van der Waals surface area contributed by atoms with Crippen molar-refractivity contribution < 1.29 is 0 Å². The predicted octanol–water partition coefficient (Wildman–Crippen LogP) is 4.36. The quantitative estimate of drug-likeness (QED) is 0.771. The van der Waals surface area contributed by atoms with Gasteiger partial charge in [0.15, 0.2) is 0 Å². The monoisotopic (exact) mass is 331 g/mol. The summed E-state index contributed by atoms with van der Waals surface area (Å²) in [6.45, 7) is 1.12. The van der Waals surface area contributed by atoms with Gasteiger partial charge in [0.05, 0.1) is 22.7 Å². The molecule has 3 nitrogen and oxygen atoms in total. The summed E-state index contributed by atoms with van der Waals surface area (Å²) in [5.74, 6) is 0. The average Bonchev–Trinajstić information content (AvgIpc) is 2.91. The fraction of sp³-hybridized carbons (Fsp3) is 0.118. The van der Waals surface area contributed by atoms with E-state index in [1.165, 1.54) is 5.56 Å². The van der Waals surface area contributed by atoms with Gasteiger partial charge in [0, 0.05) is 23.7 Å². The topological polar surface area (TPSA) is 43.8 Å². The van der Waals surface area contributed by atoms with E-state index in [1.54, 1.807) is 18.5 Å². The van der Waals surface area contributed by atoms with Crippen LogP contribution in [-0.2, 0) is 13.1 Å². The van der Waals surface area contributed by atoms with Crippen LogP contribution in [-0.4, -0.2) is 9.55 Å². The van der Waals surface area contributed by atoms with Gasteiger partial charge in [-0.2, -0.15) is 0 Å². The number of nitrogens with zero attached hydrogens (tertiary/aromatic N) is 2. The molecular weight excluding hydrogens is 317 g/mol. The highest BCUT2D eigenvalue weighted by atomic mass is 35.5. The molecule has 22 heavy (non-hydrogen) atoms. The summed E-state index contributed by atoms with van der Waals surface area (Å²) in [5.41, 5.74) is 9.74. The molecule has 0 bridgehead atoms. The zero-order valence-electron chi connectivity index (χ0n) is 11.8. The summed E-state index contributed by atoms with van der Waals surface area (Å²) in [7, 11) is 0. The van der Waals surface area contributed by atoms with Crippen molar-refractivity contribution >= 4 is 23.2 Å². The van der Waals surface area contributed by atoms with Crippen LogP contribution < -0.4 is 5.73 Å². The van der Waals surface area contributed by atoms with Crippen LogP contribution in [0.1, 0.15) is 11.3 Å². The van der Waals surface area contributed by atoms with Crippen molar-refractivity contribution in [2.24, 2.45) is 5.73 Å². The van der Waals surface area contributed by atoms with Crippen LogP contribution in [0.4, 0.5) is 0 Å². The first kappa shape index (κ1) is 15.1. The van der Waals surface area contributed by atoms with Crippen molar-refractivity contribution in [2.45, 2.75) is 13.1 Å². The molecule has 0 aliphatic rings. The van der Waals surface area contributed by atoms with Gasteiger partial charge < -0.3 is 10.3 Å². The van der Waals surface area contributed by atoms with E-state index in [9.17, 15) is 0 Å². The van der Waals surface area contributed by atoms with Gasteiger partial charge in [0.1, 0.15) is 0 Å². The predicted molar refractivity (Wildman–Crippen MR) is 91.1 cm³/mol. The highest BCUT2D eigenvalue weighted by Gasteiger charge is 2.14. The fourth-order valence-corrected chi connectivity index (χ4v) is 2.94. The van der Waals surface area contributed by atoms with E-state index in [0.29, 0.717) is 16.6 Å². The molecule has 0 unspecified atom stereocenters. The molecule has 3 aromatic rings. The van der Waals surface area contributed by atoms with Crippen LogP contribution in [0.3, 0.4) is 0 Å². The molecule has 0 spiro atoms. The minimum absolute atomic E-state index is 0.390. The maximum absolute atomic E-state index is 6.29. The molecule has 0 amide bonds. The molecular formula is C17H15Cl2N3. The van der Waals surface area contributed by atoms with Gasteiger partial charge in [-0.05, 0) is 23.8 Å². The summed E-state index contributed by atoms with van der Waals surface area (Å²) >= 11 is 12.2. The molecule has 1 heterocycles. The van der Waals surface area contributed by atoms with Gasteiger partial charge in [0.2, 0.25) is 0 Å². The third kappa shape index (κ3) is 3.02. The number of halogens is 2. The molecule has 0 radical (unpaired) electrons. The van der Waals surface area contributed by atoms with E-state index in [0.717, 1.165) is 23.5 Å². The molecule has 0 atom stereocenters. The summed E-state index contributed by atoms with van der Waals surface area (Å²) in [6.07, 6.45) is 1.80. The summed E-state index contributed by atoms with van der Waals surface area (Å²) in [6, 6.07) is 15.6. The fourth-order valence-electron chi connectivity index (χ4n) is 2.44. The second kappa shape index (κ2) is 6.53. The lowest BCUT2D eigenvalue weighted by atomic mass is 10.1. The van der Waals surface area contributed by atoms with Gasteiger partial charge in [-0.1, -0.05) is 53.5 Å². The van der Waals surface area contributed by atoms with E-state index < -0.39 is 0 Å². The largest absolute Gasteiger partial charge is 0.328 e. The Hall–Kier alpha value is -1.81. The Kier molecular flexibility index (Phi) is 4.48. The van der Waals surface area contributed by atoms with Crippen LogP contribution in [0.25, 0.3) is 11.3 Å². The van der Waals surface area contributed by atoms with Crippen LogP contribution in [0.5, 0.6) is 0 Å². The number of aromatic nitrogens is 2. The molecule has 0 fully saturated rings. The standard InChI is InChI=1S/C17H15Cl2N3/c18-13-6-7-14(15(19)8-13)17-16(9-20)22(11-21-17)10-12-4-2-1-3-5-12/h1-8,11H,9-10,20H2. The smallest absolute Gasteiger partial charge is 0.0959 e. The van der Waals surface area contributed by atoms with E-state index >= 15 is 0 Å². The van der Waals surface area contributed by atoms with Crippen LogP contribution in [0, 0.1) is 0 Å². The molecule has 1 aromatic heterocycles. The molecule has 2 aromatic carbocycles. The van der Waals surface area contributed by atoms with E-state index in [4.69, 9.17) is 28.9 Å². The van der Waals surface area contributed by atoms with Crippen LogP contribution >= 0.6 is 23.2 Å². The van der Waals surface area contributed by atoms with Crippen molar-refractivity contribution in [1.29, 1.82) is 0 Å². The number of imidazole rings is 1. The second-order valence-corrected chi connectivity index (χ2v) is 5.83. The van der Waals surface area contributed by atoms with Crippen molar-refractivity contribution in [2.75, 3.05) is 0 Å². The Morgan fingerprint density at radius 2 is 1.82 bits per heavy atom. The van der Waals surface area contributed by atoms with E-state index in [1.807, 2.05) is 24.3 Å². The van der Waals surface area contributed by atoms with Crippen molar-refractivity contribution in [1.82, 2.24) is 9.55 Å². The van der Waals surface area contributed by atoms with Gasteiger partial charge >= 0.3 is 0 Å². The molecule has 2 N–H and O–H groups in total. The minimum atomic E-state index is 0.390. The average molecular weight is 332 g/mol. The normalized spacial score (nSPS) is 10.9. The minimum Gasteiger partial charge on any atom is -0.328 e. The molecule has 3 rings (SSSR count). The summed E-state index contributed by atoms with van der Waals surface area (Å²) < 4.78 is 2.05. The Balaban J connectivity index is 2.00. The zero-order valence-corrected chi connectivity index (χ0v) is 13.3. The number of benzene rings is 2. The van der Waals surface area contributed by atoms with Gasteiger partial charge in [-0.15, -0.1) is 0 Å². The Morgan fingerprint density at radius 3 is 2.50 bits per heavy atom. The summed E-state index contributed by atoms with van der Waals surface area (Å²) in [4.78, 5) is 4.50. The SMILES string of the molecule is NCc1c(-c2ccc(Cl)cc2Cl)ncn1Cc1ccccc1. The highest BCUT2D eigenvalue weighted by Crippen LogP contribution is 2.31. The molecule has 5 heteroatoms. The van der Waals surface area contributed by atoms with E-state index in [-0.39, 0.29) is 0 Å². The van der Waals surface area contributed by atoms with E-state index in [2.05, 4.69) is 21.7 Å². The first-order valence-electron chi connectivity index (χ1n) is 6.92. The first-order valence-corrected chi connectivity index (χ1v) is 7.68. The zero-order chi connectivity index (χ0) is 15.5. The second-order valence-electron chi connectivity index (χ2n) is 4.98. The highest BCUT2D eigenvalue weighted by molar-refractivity contribution is 6.36. The Morgan fingerprint density at radius 1 is 1.05 bits per heavy atom. The lowest BCUT2D eigenvalue weighted by Gasteiger charge is -2.09. The maximum atomic E-state index is 6.29. The molecule has 0 aliphatic carbocycles. The van der Waals surface area contributed by atoms with Crippen molar-refractivity contribution in [3.8, 4) is 11.3 Å². The lowest BCUT2D eigenvalue weighted by Crippen LogP contribution is -2.08. The number of rotatable bonds is 4. The lowest BCUT2D eigenvalue weighted by molar-refractivity contribution is 0.741. The maximum Gasteiger partial charge on any atom is 0.0959 e. The Bertz CT molecular complexity index is 782. The summed E-state index contributed by atoms with van der Waals surface area (Å²) in [5, 5.41) is 1.18. The molecule has 0 saturated heterocycles. The third-order valence-electron chi connectivity index (χ3n) is 3.52. The number of nitrogens with two attached hydrogens (primary N) is 1.